The largest absolute Gasteiger partial charge is 0.325 e. The maximum Gasteiger partial charge on any atom is 0.139 e. The Morgan fingerprint density at radius 2 is 2.06 bits per heavy atom. The number of rotatable bonds is 4. The number of ketones is 1. The van der Waals surface area contributed by atoms with Crippen LogP contribution in [0.3, 0.4) is 0 Å². The Balaban J connectivity index is 1.88. The third kappa shape index (κ3) is 3.80. The van der Waals surface area contributed by atoms with E-state index in [0.717, 1.165) is 34.9 Å². The summed E-state index contributed by atoms with van der Waals surface area (Å²) < 4.78 is 0.743. The zero-order valence-electron chi connectivity index (χ0n) is 9.88. The Morgan fingerprint density at radius 1 is 1.35 bits per heavy atom. The number of hydrogen-bond acceptors (Lipinski definition) is 3. The first-order valence-corrected chi connectivity index (χ1v) is 7.32. The van der Waals surface area contributed by atoms with Crippen molar-refractivity contribution >= 4 is 28.7 Å². The lowest BCUT2D eigenvalue weighted by Crippen LogP contribution is -2.43. The number of carbonyl (C=O) groups is 1. The molecule has 0 radical (unpaired) electrons. The molecule has 0 atom stereocenters. The molecule has 0 amide bonds. The van der Waals surface area contributed by atoms with Gasteiger partial charge in [-0.05, 0) is 25.0 Å². The molecule has 0 aliphatic heterocycles. The Morgan fingerprint density at radius 3 is 2.65 bits per heavy atom. The molecule has 1 aliphatic rings. The molecule has 1 heterocycles. The van der Waals surface area contributed by atoms with Crippen molar-refractivity contribution in [2.24, 2.45) is 5.73 Å². The van der Waals surface area contributed by atoms with Gasteiger partial charge in [0.1, 0.15) is 5.78 Å². The molecule has 2 nitrogen and oxygen atoms in total. The maximum atomic E-state index is 12.0. The molecule has 1 fully saturated rings. The van der Waals surface area contributed by atoms with Crippen LogP contribution < -0.4 is 5.73 Å². The minimum atomic E-state index is -0.240. The van der Waals surface area contributed by atoms with Gasteiger partial charge in [0.05, 0.1) is 4.34 Å². The van der Waals surface area contributed by atoms with E-state index >= 15 is 0 Å². The van der Waals surface area contributed by atoms with Gasteiger partial charge < -0.3 is 5.73 Å². The molecule has 1 saturated carbocycles. The molecule has 1 aromatic heterocycles. The summed E-state index contributed by atoms with van der Waals surface area (Å²) >= 11 is 7.33. The summed E-state index contributed by atoms with van der Waals surface area (Å²) in [6.07, 6.45) is 6.56. The SMILES string of the molecule is NC1(CC(=O)Cc2ccc(Cl)s2)CCCCC1. The summed E-state index contributed by atoms with van der Waals surface area (Å²) in [5.74, 6) is 0.243. The van der Waals surface area contributed by atoms with E-state index in [4.69, 9.17) is 17.3 Å². The lowest BCUT2D eigenvalue weighted by atomic mass is 9.79. The molecule has 94 valence electrons. The topological polar surface area (TPSA) is 43.1 Å². The Labute approximate surface area is 111 Å². The summed E-state index contributed by atoms with van der Waals surface area (Å²) in [5.41, 5.74) is 6.04. The third-order valence-electron chi connectivity index (χ3n) is 3.40. The summed E-state index contributed by atoms with van der Waals surface area (Å²) in [6, 6.07) is 3.77. The second-order valence-corrected chi connectivity index (χ2v) is 6.82. The zero-order chi connectivity index (χ0) is 12.3. The molecule has 0 spiro atoms. The van der Waals surface area contributed by atoms with Gasteiger partial charge in [0.2, 0.25) is 0 Å². The van der Waals surface area contributed by atoms with Gasteiger partial charge in [-0.3, -0.25) is 4.79 Å². The highest BCUT2D eigenvalue weighted by Gasteiger charge is 2.29. The van der Waals surface area contributed by atoms with Crippen LogP contribution in [0.1, 0.15) is 43.4 Å². The molecular weight excluding hydrogens is 254 g/mol. The fraction of sp³-hybridized carbons (Fsp3) is 0.615. The van der Waals surface area contributed by atoms with Crippen molar-refractivity contribution in [1.82, 2.24) is 0 Å². The van der Waals surface area contributed by atoms with Crippen molar-refractivity contribution in [2.75, 3.05) is 0 Å². The smallest absolute Gasteiger partial charge is 0.139 e. The fourth-order valence-electron chi connectivity index (χ4n) is 2.53. The molecular formula is C13H18ClNOS. The average molecular weight is 272 g/mol. The van der Waals surface area contributed by atoms with Crippen molar-refractivity contribution in [3.63, 3.8) is 0 Å². The number of nitrogens with two attached hydrogens (primary N) is 1. The molecule has 1 aliphatic carbocycles. The number of carbonyl (C=O) groups excluding carboxylic acids is 1. The molecule has 2 N–H and O–H groups in total. The number of thiophene rings is 1. The van der Waals surface area contributed by atoms with Gasteiger partial charge in [-0.2, -0.15) is 0 Å². The van der Waals surface area contributed by atoms with Gasteiger partial charge in [-0.25, -0.2) is 0 Å². The van der Waals surface area contributed by atoms with E-state index in [0.29, 0.717) is 12.8 Å². The van der Waals surface area contributed by atoms with Crippen molar-refractivity contribution in [2.45, 2.75) is 50.5 Å². The predicted molar refractivity (Wildman–Crippen MR) is 72.7 cm³/mol. The highest BCUT2D eigenvalue weighted by Crippen LogP contribution is 2.30. The molecule has 2 rings (SSSR count). The second kappa shape index (κ2) is 5.51. The van der Waals surface area contributed by atoms with E-state index in [1.165, 1.54) is 17.8 Å². The van der Waals surface area contributed by atoms with E-state index in [2.05, 4.69) is 0 Å². The van der Waals surface area contributed by atoms with E-state index in [1.807, 2.05) is 12.1 Å². The van der Waals surface area contributed by atoms with E-state index in [1.54, 1.807) is 0 Å². The van der Waals surface area contributed by atoms with Crippen LogP contribution in [0.2, 0.25) is 4.34 Å². The minimum absolute atomic E-state index is 0.240. The highest BCUT2D eigenvalue weighted by molar-refractivity contribution is 7.16. The van der Waals surface area contributed by atoms with Crippen LogP contribution in [0.25, 0.3) is 0 Å². The first-order valence-electron chi connectivity index (χ1n) is 6.12. The molecule has 0 saturated heterocycles. The van der Waals surface area contributed by atoms with Gasteiger partial charge >= 0.3 is 0 Å². The third-order valence-corrected chi connectivity index (χ3v) is 4.63. The second-order valence-electron chi connectivity index (χ2n) is 5.02. The molecule has 1 aromatic rings. The van der Waals surface area contributed by atoms with Crippen molar-refractivity contribution in [3.8, 4) is 0 Å². The van der Waals surface area contributed by atoms with Crippen LogP contribution in [0, 0.1) is 0 Å². The fourth-order valence-corrected chi connectivity index (χ4v) is 3.65. The summed E-state index contributed by atoms with van der Waals surface area (Å²) in [7, 11) is 0. The quantitative estimate of drug-likeness (QED) is 0.910. The lowest BCUT2D eigenvalue weighted by Gasteiger charge is -2.32. The summed E-state index contributed by atoms with van der Waals surface area (Å²) in [5, 5.41) is 0. The Kier molecular flexibility index (Phi) is 4.23. The monoisotopic (exact) mass is 271 g/mol. The van der Waals surface area contributed by atoms with Gasteiger partial charge in [0.15, 0.2) is 0 Å². The Bertz CT molecular complexity index is 396. The highest BCUT2D eigenvalue weighted by atomic mass is 35.5. The van der Waals surface area contributed by atoms with Crippen LogP contribution in [0.4, 0.5) is 0 Å². The standard InChI is InChI=1S/C13H18ClNOS/c14-12-5-4-11(17-12)8-10(16)9-13(15)6-2-1-3-7-13/h4-5H,1-3,6-9,15H2. The summed E-state index contributed by atoms with van der Waals surface area (Å²) in [6.45, 7) is 0. The van der Waals surface area contributed by atoms with Crippen LogP contribution >= 0.6 is 22.9 Å². The van der Waals surface area contributed by atoms with Gasteiger partial charge in [0, 0.05) is 23.3 Å². The van der Waals surface area contributed by atoms with Gasteiger partial charge in [-0.1, -0.05) is 30.9 Å². The van der Waals surface area contributed by atoms with E-state index in [-0.39, 0.29) is 11.3 Å². The first kappa shape index (κ1) is 13.1. The Hall–Kier alpha value is -0.380. The van der Waals surface area contributed by atoms with Crippen LogP contribution in [-0.4, -0.2) is 11.3 Å². The molecule has 17 heavy (non-hydrogen) atoms. The minimum Gasteiger partial charge on any atom is -0.325 e. The van der Waals surface area contributed by atoms with E-state index in [9.17, 15) is 4.79 Å². The number of hydrogen-bond donors (Lipinski definition) is 1. The molecule has 4 heteroatoms. The van der Waals surface area contributed by atoms with Crippen molar-refractivity contribution in [3.05, 3.63) is 21.3 Å². The maximum absolute atomic E-state index is 12.0. The number of halogens is 1. The predicted octanol–water partition coefficient (Wildman–Crippen LogP) is 3.56. The average Bonchev–Trinajstić information content (AvgIpc) is 2.63. The van der Waals surface area contributed by atoms with Crippen LogP contribution in [0.5, 0.6) is 0 Å². The van der Waals surface area contributed by atoms with Gasteiger partial charge in [-0.15, -0.1) is 11.3 Å². The zero-order valence-corrected chi connectivity index (χ0v) is 11.4. The molecule has 0 bridgehead atoms. The van der Waals surface area contributed by atoms with Gasteiger partial charge in [0.25, 0.3) is 0 Å². The van der Waals surface area contributed by atoms with Crippen molar-refractivity contribution in [1.29, 1.82) is 0 Å². The molecule has 0 unspecified atom stereocenters. The lowest BCUT2D eigenvalue weighted by molar-refractivity contribution is -0.119. The van der Waals surface area contributed by atoms with E-state index < -0.39 is 0 Å². The normalized spacial score (nSPS) is 19.2. The summed E-state index contributed by atoms with van der Waals surface area (Å²) in [4.78, 5) is 13.0. The van der Waals surface area contributed by atoms with Crippen LogP contribution in [-0.2, 0) is 11.2 Å². The number of Topliss-reactive ketones (excluding diaryl/α,β-unsaturated/α-hetero) is 1. The molecule has 0 aromatic carbocycles. The van der Waals surface area contributed by atoms with Crippen LogP contribution in [0.15, 0.2) is 12.1 Å². The first-order chi connectivity index (χ1) is 8.07. The van der Waals surface area contributed by atoms with Crippen molar-refractivity contribution < 1.29 is 4.79 Å².